The van der Waals surface area contributed by atoms with Crippen molar-refractivity contribution in [2.24, 2.45) is 0 Å². The third-order valence-corrected chi connectivity index (χ3v) is 6.18. The Hall–Kier alpha value is -3.51. The Morgan fingerprint density at radius 1 is 1.14 bits per heavy atom. The Morgan fingerprint density at radius 3 is 2.63 bits per heavy atom. The van der Waals surface area contributed by atoms with Gasteiger partial charge in [0.2, 0.25) is 11.9 Å². The minimum Gasteiger partial charge on any atom is -0.387 e. The molecule has 2 aliphatic rings. The first-order chi connectivity index (χ1) is 16.8. The largest absolute Gasteiger partial charge is 0.387 e. The van der Waals surface area contributed by atoms with E-state index in [2.05, 4.69) is 30.6 Å². The number of halogens is 2. The Balaban J connectivity index is 1.42. The lowest BCUT2D eigenvalue weighted by Crippen LogP contribution is -2.48. The number of piperidine rings is 1. The van der Waals surface area contributed by atoms with E-state index in [-0.39, 0.29) is 37.8 Å². The fraction of sp³-hybridized carbons (Fsp3) is 0.435. The van der Waals surface area contributed by atoms with E-state index >= 15 is 0 Å². The van der Waals surface area contributed by atoms with Crippen molar-refractivity contribution in [1.82, 2.24) is 25.3 Å². The van der Waals surface area contributed by atoms with E-state index in [0.29, 0.717) is 47.0 Å². The maximum atomic E-state index is 13.7. The number of hydrogen-bond acceptors (Lipinski definition) is 9. The zero-order chi connectivity index (χ0) is 24.6. The number of anilines is 4. The molecule has 5 rings (SSSR count). The van der Waals surface area contributed by atoms with Gasteiger partial charge in [0.1, 0.15) is 11.3 Å². The molecular weight excluding hydrogens is 458 g/mol. The molecule has 1 amide bonds. The molecule has 184 valence electrons. The standard InChI is InChI=1S/C23H26F2N8O2/c1-14(34)17-10-15-11-28-22(31-20(15)21(29-17)32-7-4-23(24,25)5-8-32)30-18-3-2-16(12-27-18)33-9-6-26-13-19(33)35/h2-3,10-12,14,26,34H,4-9,13H2,1H3,(H,27,28,30,31). The zero-order valence-corrected chi connectivity index (χ0v) is 19.2. The predicted molar refractivity (Wildman–Crippen MR) is 127 cm³/mol. The number of piperazine rings is 1. The van der Waals surface area contributed by atoms with Gasteiger partial charge in [-0.1, -0.05) is 0 Å². The molecule has 12 heteroatoms. The van der Waals surface area contributed by atoms with Crippen LogP contribution in [-0.2, 0) is 4.79 Å². The number of fused-ring (bicyclic) bond motifs is 1. The SMILES string of the molecule is CC(O)c1cc2cnc(Nc3ccc(N4CCNCC4=O)cn3)nc2c(N2CCC(F)(F)CC2)n1. The van der Waals surface area contributed by atoms with E-state index in [1.54, 1.807) is 47.3 Å². The van der Waals surface area contributed by atoms with Gasteiger partial charge in [-0.05, 0) is 25.1 Å². The first-order valence-corrected chi connectivity index (χ1v) is 11.5. The van der Waals surface area contributed by atoms with Crippen LogP contribution in [0.25, 0.3) is 10.9 Å². The summed E-state index contributed by atoms with van der Waals surface area (Å²) >= 11 is 0. The highest BCUT2D eigenvalue weighted by atomic mass is 19.3. The number of rotatable bonds is 5. The number of carbonyl (C=O) groups excluding carboxylic acids is 1. The van der Waals surface area contributed by atoms with Crippen molar-refractivity contribution in [3.8, 4) is 0 Å². The second-order valence-electron chi connectivity index (χ2n) is 8.77. The highest BCUT2D eigenvalue weighted by molar-refractivity contribution is 5.95. The Kier molecular flexibility index (Phi) is 6.15. The van der Waals surface area contributed by atoms with E-state index < -0.39 is 12.0 Å². The first-order valence-electron chi connectivity index (χ1n) is 11.5. The summed E-state index contributed by atoms with van der Waals surface area (Å²) in [6, 6.07) is 5.24. The van der Waals surface area contributed by atoms with Gasteiger partial charge < -0.3 is 25.5 Å². The van der Waals surface area contributed by atoms with Crippen molar-refractivity contribution in [3.63, 3.8) is 0 Å². The Bertz CT molecular complexity index is 1230. The quantitative estimate of drug-likeness (QED) is 0.501. The molecule has 0 aromatic carbocycles. The van der Waals surface area contributed by atoms with Gasteiger partial charge in [0, 0.05) is 50.6 Å². The van der Waals surface area contributed by atoms with Gasteiger partial charge in [-0.25, -0.2) is 28.7 Å². The van der Waals surface area contributed by atoms with Crippen LogP contribution in [0.3, 0.4) is 0 Å². The average molecular weight is 485 g/mol. The number of aliphatic hydroxyl groups is 1. The molecule has 2 aliphatic heterocycles. The number of aliphatic hydroxyl groups excluding tert-OH is 1. The van der Waals surface area contributed by atoms with E-state index in [9.17, 15) is 18.7 Å². The molecule has 1 unspecified atom stereocenters. The van der Waals surface area contributed by atoms with Crippen LogP contribution in [0.2, 0.25) is 0 Å². The smallest absolute Gasteiger partial charge is 0.251 e. The zero-order valence-electron chi connectivity index (χ0n) is 19.2. The molecule has 0 spiro atoms. The molecule has 2 fully saturated rings. The van der Waals surface area contributed by atoms with Crippen molar-refractivity contribution in [2.75, 3.05) is 47.8 Å². The van der Waals surface area contributed by atoms with Crippen molar-refractivity contribution in [3.05, 3.63) is 36.3 Å². The lowest BCUT2D eigenvalue weighted by Gasteiger charge is -2.33. The molecule has 0 aliphatic carbocycles. The van der Waals surface area contributed by atoms with Crippen LogP contribution in [0.4, 0.5) is 32.1 Å². The number of nitrogens with zero attached hydrogens (tertiary/aromatic N) is 6. The summed E-state index contributed by atoms with van der Waals surface area (Å²) in [5.74, 6) is -1.50. The molecule has 10 nitrogen and oxygen atoms in total. The summed E-state index contributed by atoms with van der Waals surface area (Å²) in [5.41, 5.74) is 1.63. The fourth-order valence-corrected chi connectivity index (χ4v) is 4.20. The molecule has 3 aromatic heterocycles. The third-order valence-electron chi connectivity index (χ3n) is 6.18. The summed E-state index contributed by atoms with van der Waals surface area (Å²) in [5, 5.41) is 16.8. The van der Waals surface area contributed by atoms with Gasteiger partial charge in [0.25, 0.3) is 5.92 Å². The van der Waals surface area contributed by atoms with Crippen molar-refractivity contribution < 1.29 is 18.7 Å². The van der Waals surface area contributed by atoms with E-state index in [1.165, 1.54) is 0 Å². The lowest BCUT2D eigenvalue weighted by atomic mass is 10.1. The van der Waals surface area contributed by atoms with Crippen LogP contribution in [0.1, 0.15) is 31.6 Å². The Labute approximate surface area is 200 Å². The second-order valence-corrected chi connectivity index (χ2v) is 8.77. The summed E-state index contributed by atoms with van der Waals surface area (Å²) in [6.45, 7) is 3.47. The van der Waals surface area contributed by atoms with E-state index in [0.717, 1.165) is 6.54 Å². The van der Waals surface area contributed by atoms with Crippen molar-refractivity contribution in [2.45, 2.75) is 31.8 Å². The molecule has 3 aromatic rings. The molecule has 0 radical (unpaired) electrons. The minimum absolute atomic E-state index is 0.0105. The van der Waals surface area contributed by atoms with E-state index in [1.807, 2.05) is 0 Å². The third kappa shape index (κ3) is 4.98. The van der Waals surface area contributed by atoms with Gasteiger partial charge in [-0.3, -0.25) is 4.79 Å². The normalized spacial score (nSPS) is 19.1. The molecule has 5 heterocycles. The second kappa shape index (κ2) is 9.27. The average Bonchev–Trinajstić information content (AvgIpc) is 2.84. The number of hydrogen-bond donors (Lipinski definition) is 3. The predicted octanol–water partition coefficient (Wildman–Crippen LogP) is 2.39. The van der Waals surface area contributed by atoms with Crippen LogP contribution in [0, 0.1) is 0 Å². The van der Waals surface area contributed by atoms with Crippen LogP contribution in [-0.4, -0.2) is 69.6 Å². The molecule has 2 saturated heterocycles. The molecule has 1 atom stereocenters. The van der Waals surface area contributed by atoms with Gasteiger partial charge in [-0.2, -0.15) is 0 Å². The molecule has 0 bridgehead atoms. The molecule has 0 saturated carbocycles. The topological polar surface area (TPSA) is 119 Å². The number of nitrogens with one attached hydrogen (secondary N) is 2. The maximum absolute atomic E-state index is 13.7. The summed E-state index contributed by atoms with van der Waals surface area (Å²) < 4.78 is 27.5. The van der Waals surface area contributed by atoms with Gasteiger partial charge in [0.05, 0.1) is 30.2 Å². The van der Waals surface area contributed by atoms with Gasteiger partial charge >= 0.3 is 0 Å². The monoisotopic (exact) mass is 484 g/mol. The maximum Gasteiger partial charge on any atom is 0.251 e. The van der Waals surface area contributed by atoms with Crippen LogP contribution >= 0.6 is 0 Å². The molecular formula is C23H26F2N8O2. The van der Waals surface area contributed by atoms with Crippen molar-refractivity contribution in [1.29, 1.82) is 0 Å². The van der Waals surface area contributed by atoms with Crippen molar-refractivity contribution >= 4 is 40.1 Å². The number of alkyl halides is 2. The lowest BCUT2D eigenvalue weighted by molar-refractivity contribution is -0.118. The number of carbonyl (C=O) groups is 1. The summed E-state index contributed by atoms with van der Waals surface area (Å²) in [7, 11) is 0. The number of aromatic nitrogens is 4. The van der Waals surface area contributed by atoms with Crippen LogP contribution < -0.4 is 20.4 Å². The van der Waals surface area contributed by atoms with E-state index in [4.69, 9.17) is 0 Å². The first kappa shape index (κ1) is 23.2. The number of amides is 1. The summed E-state index contributed by atoms with van der Waals surface area (Å²) in [4.78, 5) is 33.4. The van der Waals surface area contributed by atoms with Gasteiger partial charge in [-0.15, -0.1) is 0 Å². The highest BCUT2D eigenvalue weighted by Crippen LogP contribution is 2.33. The summed E-state index contributed by atoms with van der Waals surface area (Å²) in [6.07, 6.45) is 1.86. The fourth-order valence-electron chi connectivity index (χ4n) is 4.20. The van der Waals surface area contributed by atoms with Gasteiger partial charge in [0.15, 0.2) is 5.82 Å². The molecule has 3 N–H and O–H groups in total. The highest BCUT2D eigenvalue weighted by Gasteiger charge is 2.35. The van der Waals surface area contributed by atoms with Crippen LogP contribution in [0.5, 0.6) is 0 Å². The molecule has 35 heavy (non-hydrogen) atoms. The number of pyridine rings is 2. The minimum atomic E-state index is -2.69. The van der Waals surface area contributed by atoms with Crippen LogP contribution in [0.15, 0.2) is 30.6 Å². The Morgan fingerprint density at radius 2 is 1.94 bits per heavy atom.